The maximum atomic E-state index is 12.5. The molecule has 0 saturated carbocycles. The number of ketones is 1. The van der Waals surface area contributed by atoms with E-state index in [1.165, 1.54) is 23.3 Å². The van der Waals surface area contributed by atoms with Gasteiger partial charge in [0.15, 0.2) is 5.78 Å². The van der Waals surface area contributed by atoms with Gasteiger partial charge in [-0.2, -0.15) is 5.10 Å². The Labute approximate surface area is 123 Å². The van der Waals surface area contributed by atoms with Gasteiger partial charge in [-0.15, -0.1) is 11.3 Å². The van der Waals surface area contributed by atoms with Crippen molar-refractivity contribution in [1.29, 1.82) is 0 Å². The van der Waals surface area contributed by atoms with Crippen LogP contribution in [0.15, 0.2) is 12.1 Å². The van der Waals surface area contributed by atoms with Crippen LogP contribution in [0.1, 0.15) is 51.3 Å². The standard InChI is InChI=1S/C16H20N2OS/c1-3-12-9-13(18(2)17-12)10-14(19)16-8-11-6-4-5-7-15(11)20-16/h8-9H,3-7,10H2,1-2H3. The van der Waals surface area contributed by atoms with Crippen LogP contribution in [0.5, 0.6) is 0 Å². The van der Waals surface area contributed by atoms with Crippen molar-refractivity contribution in [2.45, 2.75) is 45.4 Å². The third-order valence-electron chi connectivity index (χ3n) is 4.00. The highest BCUT2D eigenvalue weighted by Crippen LogP contribution is 2.30. The Balaban J connectivity index is 1.78. The first-order valence-corrected chi connectivity index (χ1v) is 8.15. The molecule has 0 aromatic carbocycles. The Morgan fingerprint density at radius 1 is 1.35 bits per heavy atom. The molecule has 3 nitrogen and oxygen atoms in total. The first-order valence-electron chi connectivity index (χ1n) is 7.34. The molecule has 20 heavy (non-hydrogen) atoms. The molecule has 2 heterocycles. The Hall–Kier alpha value is -1.42. The van der Waals surface area contributed by atoms with Gasteiger partial charge in [0.05, 0.1) is 17.0 Å². The molecule has 2 aromatic heterocycles. The minimum atomic E-state index is 0.232. The third-order valence-corrected chi connectivity index (χ3v) is 5.28. The molecule has 0 bridgehead atoms. The number of rotatable bonds is 4. The van der Waals surface area contributed by atoms with Crippen LogP contribution >= 0.6 is 11.3 Å². The fraction of sp³-hybridized carbons (Fsp3) is 0.500. The number of hydrogen-bond donors (Lipinski definition) is 0. The smallest absolute Gasteiger partial charge is 0.178 e. The van der Waals surface area contributed by atoms with Gasteiger partial charge in [-0.05, 0) is 49.8 Å². The molecule has 0 radical (unpaired) electrons. The maximum absolute atomic E-state index is 12.5. The molecular formula is C16H20N2OS. The lowest BCUT2D eigenvalue weighted by Gasteiger charge is -2.08. The number of thiophene rings is 1. The molecular weight excluding hydrogens is 268 g/mol. The van der Waals surface area contributed by atoms with Gasteiger partial charge in [-0.25, -0.2) is 0 Å². The van der Waals surface area contributed by atoms with Gasteiger partial charge in [0.25, 0.3) is 0 Å². The lowest BCUT2D eigenvalue weighted by molar-refractivity contribution is 0.0994. The summed E-state index contributed by atoms with van der Waals surface area (Å²) in [7, 11) is 1.92. The Kier molecular flexibility index (Phi) is 3.74. The highest BCUT2D eigenvalue weighted by molar-refractivity contribution is 7.14. The minimum absolute atomic E-state index is 0.232. The van der Waals surface area contributed by atoms with E-state index in [0.29, 0.717) is 6.42 Å². The summed E-state index contributed by atoms with van der Waals surface area (Å²) in [6, 6.07) is 4.17. The van der Waals surface area contributed by atoms with Crippen molar-refractivity contribution >= 4 is 17.1 Å². The quantitative estimate of drug-likeness (QED) is 0.809. The van der Waals surface area contributed by atoms with Crippen LogP contribution in [0, 0.1) is 0 Å². The lowest BCUT2D eigenvalue weighted by atomic mass is 9.99. The number of nitrogens with zero attached hydrogens (tertiary/aromatic N) is 2. The number of hydrogen-bond acceptors (Lipinski definition) is 3. The average Bonchev–Trinajstić information content (AvgIpc) is 3.02. The summed E-state index contributed by atoms with van der Waals surface area (Å²) in [5.74, 6) is 0.232. The summed E-state index contributed by atoms with van der Waals surface area (Å²) in [4.78, 5) is 14.8. The van der Waals surface area contributed by atoms with Crippen LogP contribution in [0.3, 0.4) is 0 Å². The molecule has 0 spiro atoms. The van der Waals surface area contributed by atoms with E-state index in [9.17, 15) is 4.79 Å². The summed E-state index contributed by atoms with van der Waals surface area (Å²) in [6.45, 7) is 2.08. The molecule has 0 atom stereocenters. The number of aryl methyl sites for hydroxylation is 4. The van der Waals surface area contributed by atoms with E-state index in [2.05, 4.69) is 18.1 Å². The Bertz CT molecular complexity index is 615. The number of carbonyl (C=O) groups is 1. The number of aromatic nitrogens is 2. The molecule has 0 N–H and O–H groups in total. The van der Waals surface area contributed by atoms with E-state index in [1.54, 1.807) is 11.3 Å². The molecule has 0 amide bonds. The van der Waals surface area contributed by atoms with Crippen molar-refractivity contribution in [3.8, 4) is 0 Å². The zero-order valence-corrected chi connectivity index (χ0v) is 12.9. The second kappa shape index (κ2) is 5.52. The molecule has 0 aliphatic heterocycles. The second-order valence-corrected chi connectivity index (χ2v) is 6.61. The van der Waals surface area contributed by atoms with Gasteiger partial charge in [-0.3, -0.25) is 9.48 Å². The highest BCUT2D eigenvalue weighted by atomic mass is 32.1. The molecule has 0 unspecified atom stereocenters. The van der Waals surface area contributed by atoms with Crippen molar-refractivity contribution in [3.63, 3.8) is 0 Å². The molecule has 106 valence electrons. The van der Waals surface area contributed by atoms with E-state index in [-0.39, 0.29) is 5.78 Å². The van der Waals surface area contributed by atoms with Crippen molar-refractivity contribution < 1.29 is 4.79 Å². The van der Waals surface area contributed by atoms with Gasteiger partial charge in [0.2, 0.25) is 0 Å². The van der Waals surface area contributed by atoms with Crippen molar-refractivity contribution in [2.75, 3.05) is 0 Å². The predicted molar refractivity (Wildman–Crippen MR) is 81.6 cm³/mol. The van der Waals surface area contributed by atoms with E-state index < -0.39 is 0 Å². The van der Waals surface area contributed by atoms with Gasteiger partial charge >= 0.3 is 0 Å². The summed E-state index contributed by atoms with van der Waals surface area (Å²) in [5.41, 5.74) is 3.47. The van der Waals surface area contributed by atoms with E-state index >= 15 is 0 Å². The molecule has 0 fully saturated rings. The minimum Gasteiger partial charge on any atom is -0.293 e. The molecule has 0 saturated heterocycles. The normalized spacial score (nSPS) is 14.3. The molecule has 1 aliphatic rings. The molecule has 2 aromatic rings. The number of carbonyl (C=O) groups excluding carboxylic acids is 1. The van der Waals surface area contributed by atoms with Crippen molar-refractivity contribution in [1.82, 2.24) is 9.78 Å². The van der Waals surface area contributed by atoms with Gasteiger partial charge < -0.3 is 0 Å². The van der Waals surface area contributed by atoms with Crippen LogP contribution in [0.2, 0.25) is 0 Å². The molecule has 3 rings (SSSR count). The van der Waals surface area contributed by atoms with E-state index in [1.807, 2.05) is 17.8 Å². The van der Waals surface area contributed by atoms with E-state index in [0.717, 1.165) is 35.5 Å². The van der Waals surface area contributed by atoms with E-state index in [4.69, 9.17) is 0 Å². The monoisotopic (exact) mass is 288 g/mol. The summed E-state index contributed by atoms with van der Waals surface area (Å²) < 4.78 is 1.84. The number of Topliss-reactive ketones (excluding diaryl/α,β-unsaturated/α-hetero) is 1. The topological polar surface area (TPSA) is 34.9 Å². The van der Waals surface area contributed by atoms with Crippen LogP contribution in [0.4, 0.5) is 0 Å². The third kappa shape index (κ3) is 2.57. The molecule has 4 heteroatoms. The fourth-order valence-corrected chi connectivity index (χ4v) is 3.98. The first kappa shape index (κ1) is 13.6. The van der Waals surface area contributed by atoms with Crippen LogP contribution in [-0.4, -0.2) is 15.6 Å². The maximum Gasteiger partial charge on any atom is 0.178 e. The average molecular weight is 288 g/mol. The first-order chi connectivity index (χ1) is 9.67. The fourth-order valence-electron chi connectivity index (χ4n) is 2.79. The van der Waals surface area contributed by atoms with Crippen molar-refractivity contribution in [3.05, 3.63) is 38.8 Å². The Morgan fingerprint density at radius 3 is 2.85 bits per heavy atom. The SMILES string of the molecule is CCc1cc(CC(=O)c2cc3c(s2)CCCC3)n(C)n1. The zero-order chi connectivity index (χ0) is 14.1. The van der Waals surface area contributed by atoms with Gasteiger partial charge in [0.1, 0.15) is 0 Å². The second-order valence-electron chi connectivity index (χ2n) is 5.47. The number of fused-ring (bicyclic) bond motifs is 1. The highest BCUT2D eigenvalue weighted by Gasteiger charge is 2.18. The summed E-state index contributed by atoms with van der Waals surface area (Å²) >= 11 is 1.70. The Morgan fingerprint density at radius 2 is 2.15 bits per heavy atom. The van der Waals surface area contributed by atoms with Crippen LogP contribution in [-0.2, 0) is 32.7 Å². The summed E-state index contributed by atoms with van der Waals surface area (Å²) in [6.07, 6.45) is 6.20. The lowest BCUT2D eigenvalue weighted by Crippen LogP contribution is -2.06. The van der Waals surface area contributed by atoms with Crippen LogP contribution in [0.25, 0.3) is 0 Å². The van der Waals surface area contributed by atoms with Gasteiger partial charge in [-0.1, -0.05) is 6.92 Å². The summed E-state index contributed by atoms with van der Waals surface area (Å²) in [5, 5.41) is 4.41. The molecule has 1 aliphatic carbocycles. The van der Waals surface area contributed by atoms with Gasteiger partial charge in [0, 0.05) is 17.6 Å². The zero-order valence-electron chi connectivity index (χ0n) is 12.1. The van der Waals surface area contributed by atoms with Crippen molar-refractivity contribution in [2.24, 2.45) is 7.05 Å². The predicted octanol–water partition coefficient (Wildman–Crippen LogP) is 3.35. The van der Waals surface area contributed by atoms with Crippen LogP contribution < -0.4 is 0 Å². The largest absolute Gasteiger partial charge is 0.293 e.